The van der Waals surface area contributed by atoms with Crippen LogP contribution < -0.4 is 20.5 Å². The molecule has 0 aromatic heterocycles. The normalized spacial score (nSPS) is 14.9. The Bertz CT molecular complexity index is 1260. The molecule has 1 aliphatic rings. The summed E-state index contributed by atoms with van der Waals surface area (Å²) in [7, 11) is 0. The van der Waals surface area contributed by atoms with Crippen molar-refractivity contribution in [1.29, 1.82) is 5.26 Å². The molecule has 1 amide bonds. The molecule has 37 heavy (non-hydrogen) atoms. The Balaban J connectivity index is 1.86. The molecule has 0 radical (unpaired) electrons. The Kier molecular flexibility index (Phi) is 9.16. The number of hydrogen-bond donors (Lipinski definition) is 2. The second-order valence-electron chi connectivity index (χ2n) is 8.14. The molecule has 0 spiro atoms. The van der Waals surface area contributed by atoms with Crippen LogP contribution in [0.15, 0.2) is 65.3 Å². The van der Waals surface area contributed by atoms with Gasteiger partial charge in [-0.3, -0.25) is 4.79 Å². The van der Waals surface area contributed by atoms with Crippen molar-refractivity contribution >= 4 is 17.6 Å². The van der Waals surface area contributed by atoms with Gasteiger partial charge in [0.05, 0.1) is 24.7 Å². The molecule has 0 aliphatic carbocycles. The van der Waals surface area contributed by atoms with Gasteiger partial charge in [0, 0.05) is 5.69 Å². The molecule has 1 heterocycles. The van der Waals surface area contributed by atoms with Crippen LogP contribution in [0.3, 0.4) is 0 Å². The second kappa shape index (κ2) is 12.5. The first-order chi connectivity index (χ1) is 17.8. The number of amides is 1. The van der Waals surface area contributed by atoms with E-state index in [2.05, 4.69) is 12.2 Å². The van der Waals surface area contributed by atoms with Crippen LogP contribution in [-0.2, 0) is 25.5 Å². The lowest BCUT2D eigenvalue weighted by Crippen LogP contribution is -2.25. The van der Waals surface area contributed by atoms with Gasteiger partial charge in [-0.05, 0) is 62.6 Å². The number of anilines is 1. The Labute approximate surface area is 216 Å². The molecule has 0 saturated heterocycles. The third-order valence-corrected chi connectivity index (χ3v) is 5.71. The van der Waals surface area contributed by atoms with Crippen LogP contribution in [0.4, 0.5) is 5.69 Å². The second-order valence-corrected chi connectivity index (χ2v) is 8.14. The SMILES string of the molecule is CCOC(=O)C1=C(C)OC(N)=C(C#N)C1c1ccc(OCC(=O)Nc2ccc(CC)cc2)c(OCC)c1. The van der Waals surface area contributed by atoms with E-state index >= 15 is 0 Å². The van der Waals surface area contributed by atoms with Crippen LogP contribution in [0.1, 0.15) is 44.7 Å². The zero-order valence-electron chi connectivity index (χ0n) is 21.4. The third kappa shape index (κ3) is 6.41. The van der Waals surface area contributed by atoms with Gasteiger partial charge < -0.3 is 30.0 Å². The summed E-state index contributed by atoms with van der Waals surface area (Å²) >= 11 is 0. The van der Waals surface area contributed by atoms with E-state index in [4.69, 9.17) is 24.7 Å². The number of ether oxygens (including phenoxy) is 4. The first-order valence-corrected chi connectivity index (χ1v) is 12.1. The van der Waals surface area contributed by atoms with Gasteiger partial charge in [0.2, 0.25) is 5.88 Å². The van der Waals surface area contributed by atoms with Crippen LogP contribution in [0.5, 0.6) is 11.5 Å². The summed E-state index contributed by atoms with van der Waals surface area (Å²) in [6.07, 6.45) is 0.913. The van der Waals surface area contributed by atoms with Crippen LogP contribution in [0, 0.1) is 11.3 Å². The summed E-state index contributed by atoms with van der Waals surface area (Å²) in [6.45, 7) is 7.40. The third-order valence-electron chi connectivity index (χ3n) is 5.71. The number of nitrogens with two attached hydrogens (primary N) is 1. The number of allylic oxidation sites excluding steroid dienone is 2. The molecular weight excluding hydrogens is 474 g/mol. The molecule has 9 heteroatoms. The fraction of sp³-hybridized carbons (Fsp3) is 0.321. The Hall–Kier alpha value is -4.45. The standard InChI is InChI=1S/C28H31N3O6/c1-5-18-8-11-20(12-9-18)31-24(32)16-36-22-13-10-19(14-23(22)34-6-2)26-21(15-29)27(30)37-17(4)25(26)28(33)35-7-3/h8-14,26H,5-7,16,30H2,1-4H3,(H,31,32). The summed E-state index contributed by atoms with van der Waals surface area (Å²) < 4.78 is 22.2. The lowest BCUT2D eigenvalue weighted by molar-refractivity contribution is -0.139. The van der Waals surface area contributed by atoms with Gasteiger partial charge in [0.25, 0.3) is 5.91 Å². The molecule has 9 nitrogen and oxygen atoms in total. The summed E-state index contributed by atoms with van der Waals surface area (Å²) in [5.74, 6) is -0.897. The Morgan fingerprint density at radius 1 is 1.05 bits per heavy atom. The van der Waals surface area contributed by atoms with Gasteiger partial charge in [0.1, 0.15) is 17.4 Å². The Morgan fingerprint density at radius 3 is 2.41 bits per heavy atom. The molecule has 3 N–H and O–H groups in total. The van der Waals surface area contributed by atoms with E-state index in [9.17, 15) is 14.9 Å². The maximum atomic E-state index is 12.8. The number of nitriles is 1. The van der Waals surface area contributed by atoms with Crippen molar-refractivity contribution in [2.24, 2.45) is 5.73 Å². The number of esters is 1. The van der Waals surface area contributed by atoms with Crippen molar-refractivity contribution in [2.75, 3.05) is 25.1 Å². The zero-order chi connectivity index (χ0) is 26.9. The molecule has 1 aliphatic heterocycles. The van der Waals surface area contributed by atoms with Crippen molar-refractivity contribution in [1.82, 2.24) is 0 Å². The fourth-order valence-corrected chi connectivity index (χ4v) is 3.94. The predicted molar refractivity (Wildman–Crippen MR) is 138 cm³/mol. The average Bonchev–Trinajstić information content (AvgIpc) is 2.88. The first kappa shape index (κ1) is 27.1. The fourth-order valence-electron chi connectivity index (χ4n) is 3.94. The summed E-state index contributed by atoms with van der Waals surface area (Å²) in [5, 5.41) is 12.6. The molecule has 2 aromatic carbocycles. The molecule has 3 rings (SSSR count). The number of rotatable bonds is 10. The number of nitrogens with one attached hydrogen (secondary N) is 1. The highest BCUT2D eigenvalue weighted by Gasteiger charge is 2.36. The van der Waals surface area contributed by atoms with Crippen LogP contribution in [0.2, 0.25) is 0 Å². The Morgan fingerprint density at radius 2 is 1.78 bits per heavy atom. The summed E-state index contributed by atoms with van der Waals surface area (Å²) in [5.41, 5.74) is 8.64. The van der Waals surface area contributed by atoms with Gasteiger partial charge in [-0.1, -0.05) is 25.1 Å². The van der Waals surface area contributed by atoms with E-state index in [0.717, 1.165) is 6.42 Å². The van der Waals surface area contributed by atoms with Crippen LogP contribution in [-0.4, -0.2) is 31.7 Å². The lowest BCUT2D eigenvalue weighted by Gasteiger charge is -2.27. The van der Waals surface area contributed by atoms with Gasteiger partial charge in [-0.15, -0.1) is 0 Å². The van der Waals surface area contributed by atoms with Crippen molar-refractivity contribution in [3.8, 4) is 17.6 Å². The minimum atomic E-state index is -0.819. The molecule has 1 atom stereocenters. The van der Waals surface area contributed by atoms with E-state index in [1.165, 1.54) is 5.56 Å². The zero-order valence-corrected chi connectivity index (χ0v) is 21.4. The van der Waals surface area contributed by atoms with E-state index in [1.54, 1.807) is 32.0 Å². The molecule has 1 unspecified atom stereocenters. The largest absolute Gasteiger partial charge is 0.490 e. The lowest BCUT2D eigenvalue weighted by atomic mass is 9.83. The maximum absolute atomic E-state index is 12.8. The first-order valence-electron chi connectivity index (χ1n) is 12.1. The summed E-state index contributed by atoms with van der Waals surface area (Å²) in [4.78, 5) is 25.2. The van der Waals surface area contributed by atoms with E-state index in [-0.39, 0.29) is 41.9 Å². The minimum Gasteiger partial charge on any atom is -0.490 e. The number of aryl methyl sites for hydroxylation is 1. The average molecular weight is 506 g/mol. The minimum absolute atomic E-state index is 0.0817. The van der Waals surface area contributed by atoms with E-state index in [1.807, 2.05) is 37.3 Å². The monoisotopic (exact) mass is 505 g/mol. The van der Waals surface area contributed by atoms with Crippen LogP contribution in [0.25, 0.3) is 0 Å². The topological polar surface area (TPSA) is 133 Å². The van der Waals surface area contributed by atoms with Crippen molar-refractivity contribution in [3.63, 3.8) is 0 Å². The summed E-state index contributed by atoms with van der Waals surface area (Å²) in [6, 6.07) is 14.6. The highest BCUT2D eigenvalue weighted by atomic mass is 16.5. The maximum Gasteiger partial charge on any atom is 0.338 e. The molecular formula is C28H31N3O6. The molecule has 194 valence electrons. The van der Waals surface area contributed by atoms with Gasteiger partial charge >= 0.3 is 5.97 Å². The van der Waals surface area contributed by atoms with Gasteiger partial charge in [-0.25, -0.2) is 4.79 Å². The molecule has 2 aromatic rings. The highest BCUT2D eigenvalue weighted by Crippen LogP contribution is 2.42. The molecule has 0 bridgehead atoms. The van der Waals surface area contributed by atoms with Crippen molar-refractivity contribution < 1.29 is 28.5 Å². The van der Waals surface area contributed by atoms with Crippen molar-refractivity contribution in [2.45, 2.75) is 40.0 Å². The highest BCUT2D eigenvalue weighted by molar-refractivity contribution is 5.93. The van der Waals surface area contributed by atoms with E-state index in [0.29, 0.717) is 29.4 Å². The molecule has 0 fully saturated rings. The predicted octanol–water partition coefficient (Wildman–Crippen LogP) is 4.31. The van der Waals surface area contributed by atoms with Gasteiger partial charge in [-0.2, -0.15) is 5.26 Å². The smallest absolute Gasteiger partial charge is 0.338 e. The number of nitrogens with zero attached hydrogens (tertiary/aromatic N) is 1. The van der Waals surface area contributed by atoms with E-state index < -0.39 is 11.9 Å². The molecule has 0 saturated carbocycles. The van der Waals surface area contributed by atoms with Crippen molar-refractivity contribution in [3.05, 3.63) is 76.4 Å². The van der Waals surface area contributed by atoms with Gasteiger partial charge in [0.15, 0.2) is 18.1 Å². The number of carbonyl (C=O) groups excluding carboxylic acids is 2. The number of hydrogen-bond acceptors (Lipinski definition) is 8. The number of carbonyl (C=O) groups is 2. The quantitative estimate of drug-likeness (QED) is 0.457. The number of benzene rings is 2. The van der Waals surface area contributed by atoms with Crippen LogP contribution >= 0.6 is 0 Å².